The van der Waals surface area contributed by atoms with Crippen molar-refractivity contribution in [2.45, 2.75) is 18.2 Å². The molecule has 0 radical (unpaired) electrons. The van der Waals surface area contributed by atoms with E-state index in [4.69, 9.17) is 4.74 Å². The van der Waals surface area contributed by atoms with Gasteiger partial charge >= 0.3 is 0 Å². The van der Waals surface area contributed by atoms with Crippen molar-refractivity contribution >= 4 is 15.9 Å². The van der Waals surface area contributed by atoms with Crippen molar-refractivity contribution in [3.63, 3.8) is 0 Å². The maximum Gasteiger partial charge on any atom is 0.254 e. The number of amides is 1. The van der Waals surface area contributed by atoms with Crippen LogP contribution in [-0.2, 0) is 10.0 Å². The summed E-state index contributed by atoms with van der Waals surface area (Å²) in [7, 11) is -4.11. The molecule has 9 heteroatoms. The second-order valence-electron chi connectivity index (χ2n) is 6.65. The fourth-order valence-electron chi connectivity index (χ4n) is 3.08. The summed E-state index contributed by atoms with van der Waals surface area (Å²) in [4.78, 5) is 13.7. The van der Waals surface area contributed by atoms with Crippen LogP contribution in [0.4, 0.5) is 8.78 Å². The summed E-state index contributed by atoms with van der Waals surface area (Å²) in [6, 6.07) is 9.21. The fraction of sp³-hybridized carbons (Fsp3) is 0.350. The molecule has 1 heterocycles. The van der Waals surface area contributed by atoms with Crippen LogP contribution in [0.5, 0.6) is 5.75 Å². The molecule has 0 saturated carbocycles. The number of carbonyl (C=O) groups is 1. The topological polar surface area (TPSA) is 66.9 Å². The zero-order valence-corrected chi connectivity index (χ0v) is 16.8. The first-order chi connectivity index (χ1) is 13.8. The Labute approximate surface area is 168 Å². The smallest absolute Gasteiger partial charge is 0.254 e. The zero-order valence-electron chi connectivity index (χ0n) is 16.0. The Balaban J connectivity index is 1.68. The summed E-state index contributed by atoms with van der Waals surface area (Å²) >= 11 is 0. The molecule has 0 aromatic heterocycles. The van der Waals surface area contributed by atoms with E-state index in [-0.39, 0.29) is 32.1 Å². The Bertz CT molecular complexity index is 990. The van der Waals surface area contributed by atoms with Gasteiger partial charge in [-0.05, 0) is 36.8 Å². The molecule has 0 unspecified atom stereocenters. The SMILES string of the molecule is CCCOc1cccc(C(=O)N2CCN(S(=O)(=O)c3ccc(F)cc3F)CC2)c1. The predicted molar refractivity (Wildman–Crippen MR) is 103 cm³/mol. The first kappa shape index (κ1) is 21.2. The average molecular weight is 424 g/mol. The van der Waals surface area contributed by atoms with Gasteiger partial charge in [0.1, 0.15) is 22.3 Å². The summed E-state index contributed by atoms with van der Waals surface area (Å²) in [5, 5.41) is 0. The molecule has 3 rings (SSSR count). The lowest BCUT2D eigenvalue weighted by atomic mass is 10.1. The van der Waals surface area contributed by atoms with Crippen molar-refractivity contribution < 1.29 is 26.7 Å². The molecule has 0 atom stereocenters. The van der Waals surface area contributed by atoms with Crippen LogP contribution in [0.15, 0.2) is 47.4 Å². The molecule has 1 aliphatic rings. The molecule has 1 amide bonds. The van der Waals surface area contributed by atoms with Gasteiger partial charge in [-0.2, -0.15) is 4.31 Å². The van der Waals surface area contributed by atoms with E-state index in [1.54, 1.807) is 29.2 Å². The van der Waals surface area contributed by atoms with Gasteiger partial charge in [-0.25, -0.2) is 17.2 Å². The van der Waals surface area contributed by atoms with Crippen molar-refractivity contribution in [2.75, 3.05) is 32.8 Å². The van der Waals surface area contributed by atoms with Crippen LogP contribution in [0.1, 0.15) is 23.7 Å². The molecule has 2 aromatic rings. The van der Waals surface area contributed by atoms with Crippen LogP contribution in [0.2, 0.25) is 0 Å². The molecular weight excluding hydrogens is 402 g/mol. The first-order valence-electron chi connectivity index (χ1n) is 9.30. The largest absolute Gasteiger partial charge is 0.494 e. The van der Waals surface area contributed by atoms with E-state index in [1.165, 1.54) is 0 Å². The lowest BCUT2D eigenvalue weighted by Crippen LogP contribution is -2.50. The summed E-state index contributed by atoms with van der Waals surface area (Å²) in [5.74, 6) is -1.60. The molecule has 6 nitrogen and oxygen atoms in total. The highest BCUT2D eigenvalue weighted by atomic mass is 32.2. The number of carbonyl (C=O) groups excluding carboxylic acids is 1. The summed E-state index contributed by atoms with van der Waals surface area (Å²) < 4.78 is 59.0. The molecule has 0 aliphatic carbocycles. The molecule has 0 N–H and O–H groups in total. The monoisotopic (exact) mass is 424 g/mol. The highest BCUT2D eigenvalue weighted by Gasteiger charge is 2.32. The van der Waals surface area contributed by atoms with Crippen molar-refractivity contribution in [1.82, 2.24) is 9.21 Å². The Morgan fingerprint density at radius 3 is 2.45 bits per heavy atom. The molecule has 0 bridgehead atoms. The van der Waals surface area contributed by atoms with Gasteiger partial charge in [-0.15, -0.1) is 0 Å². The number of hydrogen-bond acceptors (Lipinski definition) is 4. The van der Waals surface area contributed by atoms with E-state index in [2.05, 4.69) is 0 Å². The van der Waals surface area contributed by atoms with Gasteiger partial charge in [0.05, 0.1) is 6.61 Å². The van der Waals surface area contributed by atoms with Gasteiger partial charge < -0.3 is 9.64 Å². The van der Waals surface area contributed by atoms with Crippen LogP contribution in [-0.4, -0.2) is 56.3 Å². The molecule has 156 valence electrons. The standard InChI is InChI=1S/C20H22F2N2O4S/c1-2-12-28-17-5-3-4-15(13-17)20(25)23-8-10-24(11-9-23)29(26,27)19-7-6-16(21)14-18(19)22/h3-7,13-14H,2,8-12H2,1H3. The van der Waals surface area contributed by atoms with E-state index in [0.29, 0.717) is 24.0 Å². The Kier molecular flexibility index (Phi) is 6.49. The molecule has 0 spiro atoms. The van der Waals surface area contributed by atoms with E-state index < -0.39 is 26.6 Å². The van der Waals surface area contributed by atoms with E-state index in [1.807, 2.05) is 6.92 Å². The quantitative estimate of drug-likeness (QED) is 0.715. The second-order valence-corrected chi connectivity index (χ2v) is 8.55. The number of hydrogen-bond donors (Lipinski definition) is 0. The highest BCUT2D eigenvalue weighted by molar-refractivity contribution is 7.89. The third-order valence-corrected chi connectivity index (χ3v) is 6.52. The normalized spacial score (nSPS) is 15.3. The van der Waals surface area contributed by atoms with Crippen LogP contribution >= 0.6 is 0 Å². The number of piperazine rings is 1. The minimum atomic E-state index is -4.11. The Hall–Kier alpha value is -2.52. The van der Waals surface area contributed by atoms with E-state index in [0.717, 1.165) is 22.9 Å². The maximum atomic E-state index is 13.9. The van der Waals surface area contributed by atoms with E-state index >= 15 is 0 Å². The Morgan fingerprint density at radius 2 is 1.79 bits per heavy atom. The van der Waals surface area contributed by atoms with Crippen molar-refractivity contribution in [2.24, 2.45) is 0 Å². The molecular formula is C20H22F2N2O4S. The lowest BCUT2D eigenvalue weighted by molar-refractivity contribution is 0.0697. The average Bonchev–Trinajstić information content (AvgIpc) is 2.71. The number of nitrogens with zero attached hydrogens (tertiary/aromatic N) is 2. The van der Waals surface area contributed by atoms with Crippen LogP contribution in [0, 0.1) is 11.6 Å². The predicted octanol–water partition coefficient (Wildman–Crippen LogP) is 2.90. The molecule has 29 heavy (non-hydrogen) atoms. The molecule has 1 aliphatic heterocycles. The maximum absolute atomic E-state index is 13.9. The second kappa shape index (κ2) is 8.87. The number of benzene rings is 2. The van der Waals surface area contributed by atoms with Gasteiger partial charge in [0, 0.05) is 37.8 Å². The number of halogens is 2. The lowest BCUT2D eigenvalue weighted by Gasteiger charge is -2.34. The van der Waals surface area contributed by atoms with Crippen LogP contribution in [0.25, 0.3) is 0 Å². The minimum absolute atomic E-state index is 0.0247. The Morgan fingerprint density at radius 1 is 1.07 bits per heavy atom. The number of sulfonamides is 1. The highest BCUT2D eigenvalue weighted by Crippen LogP contribution is 2.22. The fourth-order valence-corrected chi connectivity index (χ4v) is 4.54. The van der Waals surface area contributed by atoms with Crippen molar-refractivity contribution in [3.8, 4) is 5.75 Å². The molecule has 1 saturated heterocycles. The number of rotatable bonds is 6. The van der Waals surface area contributed by atoms with Gasteiger partial charge in [-0.1, -0.05) is 13.0 Å². The van der Waals surface area contributed by atoms with Gasteiger partial charge in [0.25, 0.3) is 5.91 Å². The van der Waals surface area contributed by atoms with Crippen LogP contribution in [0.3, 0.4) is 0 Å². The van der Waals surface area contributed by atoms with Crippen molar-refractivity contribution in [1.29, 1.82) is 0 Å². The zero-order chi connectivity index (χ0) is 21.0. The van der Waals surface area contributed by atoms with E-state index in [9.17, 15) is 22.0 Å². The summed E-state index contributed by atoms with van der Waals surface area (Å²) in [6.45, 7) is 2.92. The number of ether oxygens (including phenoxy) is 1. The van der Waals surface area contributed by atoms with Crippen LogP contribution < -0.4 is 4.74 Å². The van der Waals surface area contributed by atoms with Gasteiger partial charge in [0.2, 0.25) is 10.0 Å². The minimum Gasteiger partial charge on any atom is -0.494 e. The van der Waals surface area contributed by atoms with Gasteiger partial charge in [-0.3, -0.25) is 4.79 Å². The first-order valence-corrected chi connectivity index (χ1v) is 10.7. The third-order valence-electron chi connectivity index (χ3n) is 4.59. The molecule has 2 aromatic carbocycles. The third kappa shape index (κ3) is 4.73. The summed E-state index contributed by atoms with van der Waals surface area (Å²) in [6.07, 6.45) is 0.850. The molecule has 1 fully saturated rings. The van der Waals surface area contributed by atoms with Gasteiger partial charge in [0.15, 0.2) is 0 Å². The van der Waals surface area contributed by atoms with Crippen molar-refractivity contribution in [3.05, 3.63) is 59.7 Å². The summed E-state index contributed by atoms with van der Waals surface area (Å²) in [5.41, 5.74) is 0.458.